The van der Waals surface area contributed by atoms with Crippen LogP contribution >= 0.6 is 39.9 Å². The molecule has 0 aliphatic rings. The summed E-state index contributed by atoms with van der Waals surface area (Å²) < 4.78 is 5.88. The number of hydrogen-bond acceptors (Lipinski definition) is 3. The SMILES string of the molecule is COCC(C)NC(N)=NCCCNC(=O)c1cccc(Br)c1.I. The summed E-state index contributed by atoms with van der Waals surface area (Å²) in [6, 6.07) is 7.39. The Morgan fingerprint density at radius 2 is 2.22 bits per heavy atom. The Bertz CT molecular complexity index is 514. The Balaban J connectivity index is 0.00000484. The van der Waals surface area contributed by atoms with Crippen molar-refractivity contribution in [3.05, 3.63) is 34.3 Å². The Morgan fingerprint density at radius 3 is 2.87 bits per heavy atom. The molecule has 0 fully saturated rings. The lowest BCUT2D eigenvalue weighted by molar-refractivity contribution is 0.0953. The maximum Gasteiger partial charge on any atom is 0.251 e. The third-order valence-corrected chi connectivity index (χ3v) is 3.29. The standard InChI is InChI=1S/C15H23BrN4O2.HI/c1-11(10-22-2)20-15(17)19-8-4-7-18-14(21)12-5-3-6-13(16)9-12;/h3,5-6,9,11H,4,7-8,10H2,1-2H3,(H,18,21)(H3,17,19,20);1H. The molecule has 6 nitrogen and oxygen atoms in total. The Morgan fingerprint density at radius 1 is 1.48 bits per heavy atom. The predicted molar refractivity (Wildman–Crippen MR) is 107 cm³/mol. The minimum absolute atomic E-state index is 0. The van der Waals surface area contributed by atoms with Gasteiger partial charge in [0, 0.05) is 36.3 Å². The lowest BCUT2D eigenvalue weighted by atomic mass is 10.2. The lowest BCUT2D eigenvalue weighted by Crippen LogP contribution is -2.40. The topological polar surface area (TPSA) is 88.7 Å². The van der Waals surface area contributed by atoms with Gasteiger partial charge in [-0.2, -0.15) is 0 Å². The fourth-order valence-corrected chi connectivity index (χ4v) is 2.20. The molecular weight excluding hydrogens is 475 g/mol. The van der Waals surface area contributed by atoms with Crippen LogP contribution in [-0.2, 0) is 4.74 Å². The Labute approximate surface area is 162 Å². The van der Waals surface area contributed by atoms with E-state index >= 15 is 0 Å². The Hall–Kier alpha value is -0.870. The Kier molecular flexibility index (Phi) is 12.1. The van der Waals surface area contributed by atoms with Crippen LogP contribution in [0.3, 0.4) is 0 Å². The van der Waals surface area contributed by atoms with Crippen LogP contribution in [0.15, 0.2) is 33.7 Å². The van der Waals surface area contributed by atoms with Crippen LogP contribution in [0, 0.1) is 0 Å². The molecule has 0 saturated heterocycles. The van der Waals surface area contributed by atoms with Gasteiger partial charge < -0.3 is 21.1 Å². The number of nitrogens with two attached hydrogens (primary N) is 1. The second kappa shape index (κ2) is 12.5. The molecule has 4 N–H and O–H groups in total. The van der Waals surface area contributed by atoms with Gasteiger partial charge in [-0.1, -0.05) is 22.0 Å². The molecule has 1 amide bonds. The number of nitrogens with one attached hydrogen (secondary N) is 2. The number of guanidine groups is 1. The summed E-state index contributed by atoms with van der Waals surface area (Å²) in [4.78, 5) is 16.1. The van der Waals surface area contributed by atoms with Gasteiger partial charge in [-0.3, -0.25) is 9.79 Å². The van der Waals surface area contributed by atoms with E-state index in [4.69, 9.17) is 10.5 Å². The zero-order valence-corrected chi connectivity index (χ0v) is 17.3. The van der Waals surface area contributed by atoms with Gasteiger partial charge in [-0.25, -0.2) is 0 Å². The minimum atomic E-state index is -0.0925. The molecule has 1 aromatic rings. The molecule has 23 heavy (non-hydrogen) atoms. The fraction of sp³-hybridized carbons (Fsp3) is 0.467. The maximum absolute atomic E-state index is 11.9. The van der Waals surface area contributed by atoms with Crippen molar-refractivity contribution in [2.75, 3.05) is 26.8 Å². The van der Waals surface area contributed by atoms with Crippen molar-refractivity contribution in [2.45, 2.75) is 19.4 Å². The molecule has 1 rings (SSSR count). The zero-order chi connectivity index (χ0) is 16.4. The van der Waals surface area contributed by atoms with E-state index in [2.05, 4.69) is 31.6 Å². The van der Waals surface area contributed by atoms with Gasteiger partial charge in [0.15, 0.2) is 5.96 Å². The van der Waals surface area contributed by atoms with Crippen LogP contribution in [-0.4, -0.2) is 44.7 Å². The van der Waals surface area contributed by atoms with Crippen LogP contribution in [0.4, 0.5) is 0 Å². The smallest absolute Gasteiger partial charge is 0.251 e. The molecule has 0 saturated carbocycles. The highest BCUT2D eigenvalue weighted by Crippen LogP contribution is 2.11. The van der Waals surface area contributed by atoms with Crippen molar-refractivity contribution < 1.29 is 9.53 Å². The fourth-order valence-electron chi connectivity index (χ4n) is 1.80. The van der Waals surface area contributed by atoms with Gasteiger partial charge in [0.2, 0.25) is 0 Å². The van der Waals surface area contributed by atoms with Gasteiger partial charge in [-0.15, -0.1) is 24.0 Å². The number of halogens is 2. The molecule has 0 aliphatic carbocycles. The van der Waals surface area contributed by atoms with Gasteiger partial charge in [-0.05, 0) is 31.5 Å². The molecular formula is C15H24BrIN4O2. The summed E-state index contributed by atoms with van der Waals surface area (Å²) in [5.74, 6) is 0.299. The second-order valence-electron chi connectivity index (χ2n) is 4.89. The third-order valence-electron chi connectivity index (χ3n) is 2.80. The largest absolute Gasteiger partial charge is 0.383 e. The molecule has 0 spiro atoms. The van der Waals surface area contributed by atoms with Crippen LogP contribution in [0.25, 0.3) is 0 Å². The monoisotopic (exact) mass is 498 g/mol. The number of hydrogen-bond donors (Lipinski definition) is 3. The highest BCUT2D eigenvalue weighted by atomic mass is 127. The van der Waals surface area contributed by atoms with Crippen molar-refractivity contribution in [1.82, 2.24) is 10.6 Å². The summed E-state index contributed by atoms with van der Waals surface area (Å²) in [7, 11) is 1.64. The third kappa shape index (κ3) is 9.77. The summed E-state index contributed by atoms with van der Waals surface area (Å²) in [6.07, 6.45) is 0.723. The van der Waals surface area contributed by atoms with Crippen LogP contribution in [0.1, 0.15) is 23.7 Å². The van der Waals surface area contributed by atoms with Gasteiger partial charge in [0.1, 0.15) is 0 Å². The number of carbonyl (C=O) groups excluding carboxylic acids is 1. The highest BCUT2D eigenvalue weighted by molar-refractivity contribution is 14.0. The van der Waals surface area contributed by atoms with Gasteiger partial charge in [0.05, 0.1) is 6.61 Å². The maximum atomic E-state index is 11.9. The van der Waals surface area contributed by atoms with Crippen molar-refractivity contribution >= 4 is 51.8 Å². The van der Waals surface area contributed by atoms with Crippen LogP contribution < -0.4 is 16.4 Å². The van der Waals surface area contributed by atoms with E-state index in [1.165, 1.54) is 0 Å². The van der Waals surface area contributed by atoms with E-state index in [0.717, 1.165) is 10.9 Å². The summed E-state index contributed by atoms with van der Waals surface area (Å²) in [5, 5.41) is 5.87. The first-order valence-corrected chi connectivity index (χ1v) is 7.91. The first-order valence-electron chi connectivity index (χ1n) is 7.12. The van der Waals surface area contributed by atoms with E-state index in [-0.39, 0.29) is 35.9 Å². The number of rotatable bonds is 8. The van der Waals surface area contributed by atoms with Crippen molar-refractivity contribution in [1.29, 1.82) is 0 Å². The lowest BCUT2D eigenvalue weighted by Gasteiger charge is -2.13. The van der Waals surface area contributed by atoms with Crippen molar-refractivity contribution in [2.24, 2.45) is 10.7 Å². The number of benzene rings is 1. The first-order chi connectivity index (χ1) is 10.5. The predicted octanol–water partition coefficient (Wildman–Crippen LogP) is 2.13. The number of amides is 1. The van der Waals surface area contributed by atoms with Crippen LogP contribution in [0.5, 0.6) is 0 Å². The number of aliphatic imine (C=N–C) groups is 1. The van der Waals surface area contributed by atoms with Crippen molar-refractivity contribution in [3.8, 4) is 0 Å². The van der Waals surface area contributed by atoms with E-state index < -0.39 is 0 Å². The molecule has 8 heteroatoms. The molecule has 0 bridgehead atoms. The molecule has 0 aliphatic heterocycles. The number of nitrogens with zero attached hydrogens (tertiary/aromatic N) is 1. The molecule has 0 heterocycles. The number of ether oxygens (including phenoxy) is 1. The van der Waals surface area contributed by atoms with E-state index in [0.29, 0.717) is 31.2 Å². The number of carbonyl (C=O) groups is 1. The normalized spacial score (nSPS) is 12.2. The number of methoxy groups -OCH3 is 1. The van der Waals surface area contributed by atoms with Crippen molar-refractivity contribution in [3.63, 3.8) is 0 Å². The van der Waals surface area contributed by atoms with Gasteiger partial charge >= 0.3 is 0 Å². The minimum Gasteiger partial charge on any atom is -0.383 e. The zero-order valence-electron chi connectivity index (χ0n) is 13.3. The quantitative estimate of drug-likeness (QED) is 0.222. The highest BCUT2D eigenvalue weighted by Gasteiger charge is 2.04. The van der Waals surface area contributed by atoms with Gasteiger partial charge in [0.25, 0.3) is 5.91 Å². The van der Waals surface area contributed by atoms with Crippen LogP contribution in [0.2, 0.25) is 0 Å². The summed E-state index contributed by atoms with van der Waals surface area (Å²) in [5.41, 5.74) is 6.38. The first kappa shape index (κ1) is 22.1. The molecule has 1 atom stereocenters. The molecule has 0 radical (unpaired) electrons. The van der Waals surface area contributed by atoms with E-state index in [1.807, 2.05) is 19.1 Å². The van der Waals surface area contributed by atoms with E-state index in [1.54, 1.807) is 19.2 Å². The molecule has 1 unspecified atom stereocenters. The molecule has 0 aromatic heterocycles. The average molecular weight is 499 g/mol. The molecule has 130 valence electrons. The summed E-state index contributed by atoms with van der Waals surface area (Å²) in [6.45, 7) is 3.63. The van der Waals surface area contributed by atoms with E-state index in [9.17, 15) is 4.79 Å². The summed E-state index contributed by atoms with van der Waals surface area (Å²) >= 11 is 3.34. The second-order valence-corrected chi connectivity index (χ2v) is 5.80. The molecule has 1 aromatic carbocycles. The average Bonchev–Trinajstić information content (AvgIpc) is 2.46.